The van der Waals surface area contributed by atoms with Gasteiger partial charge in [0.15, 0.2) is 0 Å². The number of fused-ring (bicyclic) bond motifs is 1. The van der Waals surface area contributed by atoms with Crippen molar-refractivity contribution in [1.29, 1.82) is 0 Å². The summed E-state index contributed by atoms with van der Waals surface area (Å²) in [4.78, 5) is 27.2. The van der Waals surface area contributed by atoms with Crippen molar-refractivity contribution in [2.24, 2.45) is 0 Å². The number of benzene rings is 4. The predicted molar refractivity (Wildman–Crippen MR) is 125 cm³/mol. The van der Waals surface area contributed by atoms with Crippen LogP contribution in [0.25, 0.3) is 21.5 Å². The van der Waals surface area contributed by atoms with Crippen LogP contribution in [0, 0.1) is 0 Å². The summed E-state index contributed by atoms with van der Waals surface area (Å²) in [6, 6.07) is 25.7. The topological polar surface area (TPSA) is 61.4 Å². The van der Waals surface area contributed by atoms with Gasteiger partial charge in [-0.25, -0.2) is 0 Å². The molecule has 0 saturated carbocycles. The number of nitrogens with one attached hydrogen (secondary N) is 2. The molecule has 0 saturated heterocycles. The van der Waals surface area contributed by atoms with Crippen molar-refractivity contribution in [2.75, 3.05) is 31.5 Å². The molecule has 4 aromatic rings. The van der Waals surface area contributed by atoms with Gasteiger partial charge >= 0.3 is 0 Å². The van der Waals surface area contributed by atoms with Gasteiger partial charge in [0.25, 0.3) is 11.8 Å². The maximum absolute atomic E-state index is 12.9. The van der Waals surface area contributed by atoms with Crippen molar-refractivity contribution in [1.82, 2.24) is 10.2 Å². The lowest BCUT2D eigenvalue weighted by molar-refractivity contribution is 0.0612. The van der Waals surface area contributed by atoms with E-state index >= 15 is 0 Å². The van der Waals surface area contributed by atoms with Gasteiger partial charge in [-0.1, -0.05) is 60.7 Å². The zero-order valence-electron chi connectivity index (χ0n) is 17.1. The fourth-order valence-electron chi connectivity index (χ4n) is 4.26. The van der Waals surface area contributed by atoms with Gasteiger partial charge in [-0.3, -0.25) is 14.5 Å². The Morgan fingerprint density at radius 3 is 2.06 bits per heavy atom. The minimum Gasteiger partial charge on any atom is -0.383 e. The average Bonchev–Trinajstić information content (AvgIpc) is 2.81. The molecule has 0 aliphatic carbocycles. The number of hydrogen-bond acceptors (Lipinski definition) is 4. The highest BCUT2D eigenvalue weighted by molar-refractivity contribution is 6.25. The van der Waals surface area contributed by atoms with E-state index in [1.54, 1.807) is 12.1 Å². The maximum Gasteiger partial charge on any atom is 0.261 e. The number of carbonyl (C=O) groups is 2. The van der Waals surface area contributed by atoms with Crippen LogP contribution in [0.15, 0.2) is 78.9 Å². The van der Waals surface area contributed by atoms with Crippen LogP contribution >= 0.6 is 0 Å². The van der Waals surface area contributed by atoms with Gasteiger partial charge in [0.1, 0.15) is 0 Å². The van der Waals surface area contributed by atoms with Crippen LogP contribution in [0.3, 0.4) is 0 Å². The van der Waals surface area contributed by atoms with Gasteiger partial charge in [0.05, 0.1) is 0 Å². The van der Waals surface area contributed by atoms with Crippen molar-refractivity contribution >= 4 is 39.0 Å². The molecule has 0 aromatic heterocycles. The summed E-state index contributed by atoms with van der Waals surface area (Å²) in [7, 11) is 0. The minimum atomic E-state index is -0.218. The highest BCUT2D eigenvalue weighted by Crippen LogP contribution is 2.29. The summed E-state index contributed by atoms with van der Waals surface area (Å²) >= 11 is 0. The first-order chi connectivity index (χ1) is 15.2. The number of imide groups is 1. The molecule has 5 rings (SSSR count). The zero-order valence-corrected chi connectivity index (χ0v) is 17.1. The van der Waals surface area contributed by atoms with E-state index in [4.69, 9.17) is 0 Å². The molecule has 31 heavy (non-hydrogen) atoms. The Labute approximate surface area is 180 Å². The highest BCUT2D eigenvalue weighted by atomic mass is 16.2. The molecule has 0 bridgehead atoms. The zero-order chi connectivity index (χ0) is 21.2. The minimum absolute atomic E-state index is 0.218. The van der Waals surface area contributed by atoms with Crippen LogP contribution in [0.1, 0.15) is 20.7 Å². The van der Waals surface area contributed by atoms with Crippen molar-refractivity contribution in [3.05, 3.63) is 90.0 Å². The van der Waals surface area contributed by atoms with E-state index in [-0.39, 0.29) is 11.8 Å². The summed E-state index contributed by atoms with van der Waals surface area (Å²) in [5.41, 5.74) is 2.31. The quantitative estimate of drug-likeness (QED) is 0.353. The summed E-state index contributed by atoms with van der Waals surface area (Å²) < 4.78 is 0. The monoisotopic (exact) mass is 409 g/mol. The standard InChI is InChI=1S/C26H23N3O2/c30-25-21-11-3-8-19-9-4-12-22(24(19)21)26(31)29(25)17-16-27-14-15-28-23-13-5-7-18-6-1-2-10-20(18)23/h1-13,27-28H,14-17H2. The van der Waals surface area contributed by atoms with Crippen LogP contribution in [0.4, 0.5) is 5.69 Å². The molecule has 2 amide bonds. The predicted octanol–water partition coefficient (Wildman–Crippen LogP) is 4.29. The normalized spacial score (nSPS) is 13.2. The molecule has 0 atom stereocenters. The Morgan fingerprint density at radius 1 is 0.645 bits per heavy atom. The first-order valence-electron chi connectivity index (χ1n) is 10.5. The van der Waals surface area contributed by atoms with Crippen LogP contribution < -0.4 is 10.6 Å². The summed E-state index contributed by atoms with van der Waals surface area (Å²) in [5, 5.41) is 10.9. The number of anilines is 1. The second kappa shape index (κ2) is 8.20. The lowest BCUT2D eigenvalue weighted by atomic mass is 9.94. The van der Waals surface area contributed by atoms with E-state index < -0.39 is 0 Å². The van der Waals surface area contributed by atoms with Gasteiger partial charge in [0.2, 0.25) is 0 Å². The molecule has 0 fully saturated rings. The molecule has 0 radical (unpaired) electrons. The van der Waals surface area contributed by atoms with Crippen LogP contribution in [-0.4, -0.2) is 42.9 Å². The largest absolute Gasteiger partial charge is 0.383 e. The molecular formula is C26H23N3O2. The number of rotatable bonds is 7. The molecule has 1 aliphatic heterocycles. The van der Waals surface area contributed by atoms with Gasteiger partial charge in [-0.15, -0.1) is 0 Å². The molecule has 0 spiro atoms. The highest BCUT2D eigenvalue weighted by Gasteiger charge is 2.31. The number of amides is 2. The molecule has 2 N–H and O–H groups in total. The maximum atomic E-state index is 12.9. The molecular weight excluding hydrogens is 386 g/mol. The van der Waals surface area contributed by atoms with E-state index in [1.165, 1.54) is 15.7 Å². The van der Waals surface area contributed by atoms with Gasteiger partial charge in [0, 0.05) is 53.8 Å². The van der Waals surface area contributed by atoms with Crippen molar-refractivity contribution < 1.29 is 9.59 Å². The number of nitrogens with zero attached hydrogens (tertiary/aromatic N) is 1. The lowest BCUT2D eigenvalue weighted by Crippen LogP contribution is -2.44. The van der Waals surface area contributed by atoms with E-state index in [9.17, 15) is 9.59 Å². The van der Waals surface area contributed by atoms with E-state index in [2.05, 4.69) is 34.9 Å². The molecule has 4 aromatic carbocycles. The fraction of sp³-hybridized carbons (Fsp3) is 0.154. The third kappa shape index (κ3) is 3.53. The number of hydrogen-bond donors (Lipinski definition) is 2. The molecule has 0 unspecified atom stereocenters. The van der Waals surface area contributed by atoms with Gasteiger partial charge < -0.3 is 10.6 Å². The van der Waals surface area contributed by atoms with Crippen molar-refractivity contribution in [3.8, 4) is 0 Å². The van der Waals surface area contributed by atoms with Gasteiger partial charge in [-0.05, 0) is 29.0 Å². The fourth-order valence-corrected chi connectivity index (χ4v) is 4.26. The third-order valence-electron chi connectivity index (χ3n) is 5.77. The lowest BCUT2D eigenvalue weighted by Gasteiger charge is -2.27. The molecule has 1 heterocycles. The summed E-state index contributed by atoms with van der Waals surface area (Å²) in [6.45, 7) is 2.37. The van der Waals surface area contributed by atoms with Crippen molar-refractivity contribution in [2.45, 2.75) is 0 Å². The second-order valence-corrected chi connectivity index (χ2v) is 7.67. The van der Waals surface area contributed by atoms with Crippen LogP contribution in [-0.2, 0) is 0 Å². The Balaban J connectivity index is 1.18. The molecule has 154 valence electrons. The SMILES string of the molecule is O=C1c2cccc3cccc(c23)C(=O)N1CCNCCNc1cccc2ccccc12. The number of carbonyl (C=O) groups excluding carboxylic acids is 2. The summed E-state index contributed by atoms with van der Waals surface area (Å²) in [5.74, 6) is -0.435. The molecule has 1 aliphatic rings. The van der Waals surface area contributed by atoms with Crippen molar-refractivity contribution in [3.63, 3.8) is 0 Å². The molecule has 5 nitrogen and oxygen atoms in total. The Kier molecular flexibility index (Phi) is 5.10. The second-order valence-electron chi connectivity index (χ2n) is 7.67. The third-order valence-corrected chi connectivity index (χ3v) is 5.77. The van der Waals surface area contributed by atoms with Gasteiger partial charge in [-0.2, -0.15) is 0 Å². The van der Waals surface area contributed by atoms with E-state index in [1.807, 2.05) is 42.5 Å². The van der Waals surface area contributed by atoms with E-state index in [0.717, 1.165) is 29.5 Å². The molecule has 5 heteroatoms. The average molecular weight is 409 g/mol. The van der Waals surface area contributed by atoms with Crippen LogP contribution in [0.5, 0.6) is 0 Å². The van der Waals surface area contributed by atoms with E-state index in [0.29, 0.717) is 24.2 Å². The Bertz CT molecular complexity index is 1240. The Morgan fingerprint density at radius 2 is 1.29 bits per heavy atom. The Hall–Kier alpha value is -3.70. The smallest absolute Gasteiger partial charge is 0.261 e. The first kappa shape index (κ1) is 19.3. The summed E-state index contributed by atoms with van der Waals surface area (Å²) in [6.07, 6.45) is 0. The first-order valence-corrected chi connectivity index (χ1v) is 10.5. The van der Waals surface area contributed by atoms with Crippen LogP contribution in [0.2, 0.25) is 0 Å².